The summed E-state index contributed by atoms with van der Waals surface area (Å²) in [5, 5.41) is 12.3. The van der Waals surface area contributed by atoms with E-state index in [0.29, 0.717) is 5.69 Å². The van der Waals surface area contributed by atoms with Gasteiger partial charge in [-0.2, -0.15) is 0 Å². The highest BCUT2D eigenvalue weighted by molar-refractivity contribution is 8.93. The number of likely N-dealkylation sites (tertiary alicyclic amines) is 1. The van der Waals surface area contributed by atoms with Gasteiger partial charge in [-0.1, -0.05) is 12.5 Å². The van der Waals surface area contributed by atoms with E-state index in [-0.39, 0.29) is 28.6 Å². The lowest BCUT2D eigenvalue weighted by Crippen LogP contribution is -2.31. The number of rotatable bonds is 4. The van der Waals surface area contributed by atoms with Crippen LogP contribution in [0.5, 0.6) is 5.75 Å². The Balaban J connectivity index is 0.00000200. The Morgan fingerprint density at radius 3 is 2.65 bits per heavy atom. The molecule has 20 heavy (non-hydrogen) atoms. The fourth-order valence-electron chi connectivity index (χ4n) is 2.50. The second-order valence-corrected chi connectivity index (χ2v) is 5.18. The lowest BCUT2D eigenvalue weighted by atomic mass is 10.1. The lowest BCUT2D eigenvalue weighted by Gasteiger charge is -2.26. The van der Waals surface area contributed by atoms with Crippen LogP contribution >= 0.6 is 17.0 Å². The van der Waals surface area contributed by atoms with E-state index in [4.69, 9.17) is 0 Å². The maximum Gasteiger partial charge on any atom is 0.221 e. The molecule has 0 unspecified atom stereocenters. The second-order valence-electron chi connectivity index (χ2n) is 5.18. The molecule has 0 radical (unpaired) electrons. The molecule has 1 saturated heterocycles. The number of phenols is 1. The Kier molecular flexibility index (Phi) is 7.02. The van der Waals surface area contributed by atoms with Gasteiger partial charge in [0.2, 0.25) is 5.91 Å². The molecular weight excluding hydrogens is 320 g/mol. The number of hydrogen-bond acceptors (Lipinski definition) is 3. The quantitative estimate of drug-likeness (QED) is 0.827. The maximum atomic E-state index is 11.1. The molecule has 1 aliphatic heterocycles. The van der Waals surface area contributed by atoms with E-state index >= 15 is 0 Å². The van der Waals surface area contributed by atoms with Crippen molar-refractivity contribution in [1.82, 2.24) is 4.90 Å². The fourth-order valence-corrected chi connectivity index (χ4v) is 2.50. The van der Waals surface area contributed by atoms with Gasteiger partial charge in [0.15, 0.2) is 0 Å². The van der Waals surface area contributed by atoms with Crippen molar-refractivity contribution in [3.8, 4) is 5.75 Å². The first kappa shape index (κ1) is 17.0. The lowest BCUT2D eigenvalue weighted by molar-refractivity contribution is -0.114. The van der Waals surface area contributed by atoms with Gasteiger partial charge in [-0.3, -0.25) is 4.79 Å². The van der Waals surface area contributed by atoms with Gasteiger partial charge < -0.3 is 15.3 Å². The molecule has 0 aliphatic carbocycles. The number of amides is 1. The number of anilines is 1. The maximum absolute atomic E-state index is 11.1. The van der Waals surface area contributed by atoms with Crippen LogP contribution in [0.25, 0.3) is 0 Å². The van der Waals surface area contributed by atoms with Crippen molar-refractivity contribution < 1.29 is 9.90 Å². The minimum absolute atomic E-state index is 0. The molecule has 0 atom stereocenters. The van der Waals surface area contributed by atoms with Gasteiger partial charge in [0.1, 0.15) is 5.75 Å². The van der Waals surface area contributed by atoms with E-state index in [1.54, 1.807) is 6.07 Å². The molecule has 0 aromatic heterocycles. The number of piperidine rings is 1. The molecule has 1 heterocycles. The standard InChI is InChI=1S/C15H22N2O2.BrH/c1-12(18)16-14-11-13(5-6-15(14)19)7-10-17-8-3-2-4-9-17;/h5-6,11,19H,2-4,7-10H2,1H3,(H,16,18);1H. The summed E-state index contributed by atoms with van der Waals surface area (Å²) in [7, 11) is 0. The summed E-state index contributed by atoms with van der Waals surface area (Å²) >= 11 is 0. The van der Waals surface area contributed by atoms with Crippen LogP contribution in [0.15, 0.2) is 18.2 Å². The van der Waals surface area contributed by atoms with Crippen molar-refractivity contribution in [2.75, 3.05) is 25.0 Å². The fraction of sp³-hybridized carbons (Fsp3) is 0.533. The van der Waals surface area contributed by atoms with E-state index in [9.17, 15) is 9.90 Å². The number of carbonyl (C=O) groups is 1. The zero-order chi connectivity index (χ0) is 13.7. The number of nitrogens with zero attached hydrogens (tertiary/aromatic N) is 1. The molecule has 2 N–H and O–H groups in total. The minimum atomic E-state index is -0.163. The van der Waals surface area contributed by atoms with Crippen LogP contribution < -0.4 is 5.32 Å². The van der Waals surface area contributed by atoms with E-state index in [2.05, 4.69) is 10.2 Å². The third-order valence-corrected chi connectivity index (χ3v) is 3.54. The largest absolute Gasteiger partial charge is 0.506 e. The number of carbonyl (C=O) groups excluding carboxylic acids is 1. The van der Waals surface area contributed by atoms with Gasteiger partial charge in [0.25, 0.3) is 0 Å². The van der Waals surface area contributed by atoms with Crippen LogP contribution in [-0.4, -0.2) is 35.5 Å². The van der Waals surface area contributed by atoms with Gasteiger partial charge in [0, 0.05) is 13.5 Å². The van der Waals surface area contributed by atoms with E-state index in [1.165, 1.54) is 39.3 Å². The first-order valence-electron chi connectivity index (χ1n) is 6.97. The summed E-state index contributed by atoms with van der Waals surface area (Å²) in [5.41, 5.74) is 1.65. The van der Waals surface area contributed by atoms with Crippen LogP contribution in [0.3, 0.4) is 0 Å². The van der Waals surface area contributed by atoms with Gasteiger partial charge in [-0.25, -0.2) is 0 Å². The molecular formula is C15H23BrN2O2. The number of benzene rings is 1. The predicted octanol–water partition coefficient (Wildman–Crippen LogP) is 2.96. The molecule has 0 spiro atoms. The van der Waals surface area contributed by atoms with Crippen LogP contribution in [-0.2, 0) is 11.2 Å². The Labute approximate surface area is 130 Å². The highest BCUT2D eigenvalue weighted by Gasteiger charge is 2.10. The van der Waals surface area contributed by atoms with Gasteiger partial charge in [0.05, 0.1) is 5.69 Å². The van der Waals surface area contributed by atoms with Crippen LogP contribution in [0.2, 0.25) is 0 Å². The normalized spacial score (nSPS) is 15.4. The molecule has 1 amide bonds. The van der Waals surface area contributed by atoms with Crippen molar-refractivity contribution >= 4 is 28.6 Å². The molecule has 0 saturated carbocycles. The van der Waals surface area contributed by atoms with Gasteiger partial charge in [-0.05, 0) is 50.0 Å². The zero-order valence-electron chi connectivity index (χ0n) is 11.9. The van der Waals surface area contributed by atoms with Gasteiger partial charge >= 0.3 is 0 Å². The molecule has 1 fully saturated rings. The molecule has 0 bridgehead atoms. The number of aromatic hydroxyl groups is 1. The van der Waals surface area contributed by atoms with Crippen LogP contribution in [0, 0.1) is 0 Å². The summed E-state index contributed by atoms with van der Waals surface area (Å²) in [5.74, 6) is -0.0413. The summed E-state index contributed by atoms with van der Waals surface area (Å²) in [6.45, 7) is 4.87. The first-order valence-corrected chi connectivity index (χ1v) is 6.97. The molecule has 1 aromatic rings. The average molecular weight is 343 g/mol. The minimum Gasteiger partial charge on any atom is -0.506 e. The van der Waals surface area contributed by atoms with Crippen molar-refractivity contribution in [2.45, 2.75) is 32.6 Å². The van der Waals surface area contributed by atoms with Crippen LogP contribution in [0.4, 0.5) is 5.69 Å². The number of halogens is 1. The van der Waals surface area contributed by atoms with E-state index < -0.39 is 0 Å². The Morgan fingerprint density at radius 2 is 2.00 bits per heavy atom. The highest BCUT2D eigenvalue weighted by atomic mass is 79.9. The smallest absolute Gasteiger partial charge is 0.221 e. The topological polar surface area (TPSA) is 52.6 Å². The van der Waals surface area contributed by atoms with Crippen molar-refractivity contribution in [3.63, 3.8) is 0 Å². The Bertz CT molecular complexity index is 445. The summed E-state index contributed by atoms with van der Waals surface area (Å²) in [6, 6.07) is 5.43. The van der Waals surface area contributed by atoms with Gasteiger partial charge in [-0.15, -0.1) is 17.0 Å². The highest BCUT2D eigenvalue weighted by Crippen LogP contribution is 2.24. The van der Waals surface area contributed by atoms with E-state index in [1.807, 2.05) is 12.1 Å². The SMILES string of the molecule is Br.CC(=O)Nc1cc(CCN2CCCCC2)ccc1O. The molecule has 112 valence electrons. The molecule has 1 aromatic carbocycles. The predicted molar refractivity (Wildman–Crippen MR) is 86.7 cm³/mol. The summed E-state index contributed by atoms with van der Waals surface area (Å²) in [6.07, 6.45) is 4.90. The summed E-state index contributed by atoms with van der Waals surface area (Å²) in [4.78, 5) is 13.5. The molecule has 4 nitrogen and oxygen atoms in total. The zero-order valence-corrected chi connectivity index (χ0v) is 13.6. The Hall–Kier alpha value is -1.07. The van der Waals surface area contributed by atoms with Crippen molar-refractivity contribution in [3.05, 3.63) is 23.8 Å². The molecule has 1 aliphatic rings. The van der Waals surface area contributed by atoms with Crippen LogP contribution in [0.1, 0.15) is 31.7 Å². The monoisotopic (exact) mass is 342 g/mol. The number of phenolic OH excluding ortho intramolecular Hbond substituents is 1. The third kappa shape index (κ3) is 5.13. The second kappa shape index (κ2) is 8.27. The first-order chi connectivity index (χ1) is 9.15. The number of nitrogens with one attached hydrogen (secondary N) is 1. The third-order valence-electron chi connectivity index (χ3n) is 3.54. The van der Waals surface area contributed by atoms with E-state index in [0.717, 1.165) is 18.5 Å². The summed E-state index contributed by atoms with van der Waals surface area (Å²) < 4.78 is 0. The molecule has 2 rings (SSSR count). The van der Waals surface area contributed by atoms with Crippen molar-refractivity contribution in [2.24, 2.45) is 0 Å². The van der Waals surface area contributed by atoms with Crippen molar-refractivity contribution in [1.29, 1.82) is 0 Å². The molecule has 5 heteroatoms. The number of hydrogen-bond donors (Lipinski definition) is 2. The Morgan fingerprint density at radius 1 is 1.30 bits per heavy atom. The average Bonchev–Trinajstić information content (AvgIpc) is 2.40.